The molecule has 1 unspecified atom stereocenters. The lowest BCUT2D eigenvalue weighted by molar-refractivity contribution is 0.0957. The van der Waals surface area contributed by atoms with Crippen molar-refractivity contribution in [1.29, 1.82) is 0 Å². The molecule has 5 heterocycles. The summed E-state index contributed by atoms with van der Waals surface area (Å²) in [6.07, 6.45) is 7.76. The first-order chi connectivity index (χ1) is 26.9. The normalized spacial score (nSPS) is 15.8. The SMILES string of the molecule is Cc1cc(OCCCc2c3n(c4c(-c5c(C)nn(C)c5C)c(Cl)ccc24)C(C)CN(c2cn(C)c4ccc(-c5ncn(CC6CC6)n5)cc24)C3=O)cc(C)c1Cl. The first-order valence-corrected chi connectivity index (χ1v) is 20.2. The van der Waals surface area contributed by atoms with Gasteiger partial charge in [-0.3, -0.25) is 14.2 Å². The minimum absolute atomic E-state index is 0.0365. The Kier molecular flexibility index (Phi) is 9.04. The minimum Gasteiger partial charge on any atom is -0.494 e. The van der Waals surface area contributed by atoms with Gasteiger partial charge in [0.1, 0.15) is 17.8 Å². The van der Waals surface area contributed by atoms with Crippen LogP contribution in [-0.4, -0.2) is 52.7 Å². The van der Waals surface area contributed by atoms with Crippen LogP contribution in [0.1, 0.15) is 70.8 Å². The molecule has 2 aliphatic rings. The van der Waals surface area contributed by atoms with Crippen molar-refractivity contribution in [1.82, 2.24) is 33.7 Å². The molecule has 1 atom stereocenters. The van der Waals surface area contributed by atoms with E-state index in [1.807, 2.05) is 73.7 Å². The van der Waals surface area contributed by atoms with Crippen LogP contribution in [0, 0.1) is 33.6 Å². The highest BCUT2D eigenvalue weighted by molar-refractivity contribution is 6.35. The molecule has 9 rings (SSSR count). The van der Waals surface area contributed by atoms with Crippen molar-refractivity contribution in [3.63, 3.8) is 0 Å². The van der Waals surface area contributed by atoms with E-state index in [0.717, 1.165) is 89.6 Å². The fourth-order valence-corrected chi connectivity index (χ4v) is 9.10. The van der Waals surface area contributed by atoms with Crippen molar-refractivity contribution in [2.24, 2.45) is 20.0 Å². The number of benzene rings is 3. The third kappa shape index (κ3) is 6.09. The number of aryl methyl sites for hydroxylation is 6. The van der Waals surface area contributed by atoms with Gasteiger partial charge in [-0.25, -0.2) is 4.98 Å². The predicted octanol–water partition coefficient (Wildman–Crippen LogP) is 9.98. The molecule has 3 aromatic carbocycles. The number of anilines is 1. The van der Waals surface area contributed by atoms with Crippen LogP contribution >= 0.6 is 23.2 Å². The molecule has 0 N–H and O–H groups in total. The summed E-state index contributed by atoms with van der Waals surface area (Å²) in [6, 6.07) is 14.2. The molecule has 56 heavy (non-hydrogen) atoms. The fraction of sp³-hybridized carbons (Fsp3) is 0.364. The van der Waals surface area contributed by atoms with E-state index in [1.165, 1.54) is 12.8 Å². The lowest BCUT2D eigenvalue weighted by atomic mass is 9.98. The van der Waals surface area contributed by atoms with Gasteiger partial charge in [0, 0.05) is 83.1 Å². The molecule has 1 aliphatic carbocycles. The van der Waals surface area contributed by atoms with Gasteiger partial charge >= 0.3 is 0 Å². The summed E-state index contributed by atoms with van der Waals surface area (Å²) in [5.41, 5.74) is 11.3. The summed E-state index contributed by atoms with van der Waals surface area (Å²) in [5.74, 6) is 2.15. The summed E-state index contributed by atoms with van der Waals surface area (Å²) in [4.78, 5) is 21.9. The topological polar surface area (TPSA) is 87.9 Å². The number of fused-ring (bicyclic) bond motifs is 4. The summed E-state index contributed by atoms with van der Waals surface area (Å²) in [5, 5.41) is 13.0. The van der Waals surface area contributed by atoms with E-state index in [9.17, 15) is 0 Å². The Bertz CT molecular complexity index is 2690. The highest BCUT2D eigenvalue weighted by Gasteiger charge is 2.38. The van der Waals surface area contributed by atoms with Crippen LogP contribution in [0.25, 0.3) is 44.3 Å². The molecular weight excluding hydrogens is 743 g/mol. The lowest BCUT2D eigenvalue weighted by Gasteiger charge is -2.34. The molecule has 0 radical (unpaired) electrons. The Morgan fingerprint density at radius 1 is 0.929 bits per heavy atom. The van der Waals surface area contributed by atoms with E-state index in [2.05, 4.69) is 58.4 Å². The summed E-state index contributed by atoms with van der Waals surface area (Å²) < 4.78 is 14.5. The molecule has 1 amide bonds. The smallest absolute Gasteiger partial charge is 0.275 e. The molecule has 12 heteroatoms. The highest BCUT2D eigenvalue weighted by Crippen LogP contribution is 2.46. The first-order valence-electron chi connectivity index (χ1n) is 19.5. The third-order valence-electron chi connectivity index (χ3n) is 11.8. The minimum atomic E-state index is -0.0667. The number of amides is 1. The number of halogens is 2. The summed E-state index contributed by atoms with van der Waals surface area (Å²) in [7, 11) is 3.99. The number of rotatable bonds is 10. The maximum Gasteiger partial charge on any atom is 0.275 e. The monoisotopic (exact) mass is 788 g/mol. The van der Waals surface area contributed by atoms with E-state index in [4.69, 9.17) is 38.1 Å². The summed E-state index contributed by atoms with van der Waals surface area (Å²) in [6.45, 7) is 12.1. The number of carbonyl (C=O) groups excluding carboxylic acids is 1. The van der Waals surface area contributed by atoms with Gasteiger partial charge in [-0.1, -0.05) is 29.3 Å². The van der Waals surface area contributed by atoms with Gasteiger partial charge in [-0.05, 0) is 119 Å². The highest BCUT2D eigenvalue weighted by atomic mass is 35.5. The molecule has 0 bridgehead atoms. The van der Waals surface area contributed by atoms with Gasteiger partial charge in [-0.2, -0.15) is 10.2 Å². The second kappa shape index (κ2) is 13.8. The van der Waals surface area contributed by atoms with Gasteiger partial charge in [-0.15, -0.1) is 0 Å². The van der Waals surface area contributed by atoms with Gasteiger partial charge in [0.2, 0.25) is 0 Å². The Hall–Kier alpha value is -5.06. The number of ether oxygens (including phenoxy) is 1. The van der Waals surface area contributed by atoms with Crippen LogP contribution in [0.4, 0.5) is 5.69 Å². The average Bonchev–Trinajstić information content (AvgIpc) is 3.47. The Morgan fingerprint density at radius 3 is 2.41 bits per heavy atom. The molecule has 1 fully saturated rings. The molecule has 1 saturated carbocycles. The summed E-state index contributed by atoms with van der Waals surface area (Å²) >= 11 is 13.6. The molecule has 0 spiro atoms. The Labute approximate surface area is 336 Å². The van der Waals surface area contributed by atoms with Crippen molar-refractivity contribution in [2.45, 2.75) is 72.9 Å². The molecule has 288 valence electrons. The molecule has 7 aromatic rings. The van der Waals surface area contributed by atoms with Crippen LogP contribution in [-0.2, 0) is 27.1 Å². The first kappa shape index (κ1) is 36.6. The van der Waals surface area contributed by atoms with E-state index in [-0.39, 0.29) is 11.9 Å². The van der Waals surface area contributed by atoms with Gasteiger partial charge in [0.15, 0.2) is 5.82 Å². The Morgan fingerprint density at radius 2 is 1.70 bits per heavy atom. The van der Waals surface area contributed by atoms with Gasteiger partial charge in [0.25, 0.3) is 5.91 Å². The Balaban J connectivity index is 1.14. The van der Waals surface area contributed by atoms with Crippen molar-refractivity contribution in [3.8, 4) is 28.3 Å². The second-order valence-electron chi connectivity index (χ2n) is 15.9. The zero-order chi connectivity index (χ0) is 39.2. The van der Waals surface area contributed by atoms with Crippen molar-refractivity contribution >= 4 is 56.6 Å². The van der Waals surface area contributed by atoms with Crippen LogP contribution < -0.4 is 9.64 Å². The maximum atomic E-state index is 15.3. The fourth-order valence-electron chi connectivity index (χ4n) is 8.74. The zero-order valence-corrected chi connectivity index (χ0v) is 34.5. The average molecular weight is 790 g/mol. The van der Waals surface area contributed by atoms with Crippen molar-refractivity contribution in [2.75, 3.05) is 18.1 Å². The third-order valence-corrected chi connectivity index (χ3v) is 12.7. The van der Waals surface area contributed by atoms with E-state index >= 15 is 4.79 Å². The number of aromatic nitrogens is 7. The van der Waals surface area contributed by atoms with Crippen LogP contribution in [0.5, 0.6) is 5.75 Å². The van der Waals surface area contributed by atoms with E-state index in [1.54, 1.807) is 0 Å². The van der Waals surface area contributed by atoms with Crippen LogP contribution in [0.15, 0.2) is 55.0 Å². The van der Waals surface area contributed by atoms with Gasteiger partial charge in [0.05, 0.1) is 28.5 Å². The number of hydrogen-bond donors (Lipinski definition) is 0. The van der Waals surface area contributed by atoms with E-state index in [0.29, 0.717) is 48.5 Å². The largest absolute Gasteiger partial charge is 0.494 e. The molecule has 0 saturated heterocycles. The number of nitrogens with zero attached hydrogens (tertiary/aromatic N) is 8. The van der Waals surface area contributed by atoms with E-state index < -0.39 is 0 Å². The van der Waals surface area contributed by atoms with Crippen molar-refractivity contribution in [3.05, 3.63) is 98.8 Å². The molecule has 10 nitrogen and oxygen atoms in total. The molecule has 4 aromatic heterocycles. The van der Waals surface area contributed by atoms with Crippen LogP contribution in [0.3, 0.4) is 0 Å². The lowest BCUT2D eigenvalue weighted by Crippen LogP contribution is -2.42. The van der Waals surface area contributed by atoms with Crippen molar-refractivity contribution < 1.29 is 9.53 Å². The quantitative estimate of drug-likeness (QED) is 0.129. The van der Waals surface area contributed by atoms with Crippen LogP contribution in [0.2, 0.25) is 10.0 Å². The van der Waals surface area contributed by atoms with Gasteiger partial charge < -0.3 is 18.8 Å². The zero-order valence-electron chi connectivity index (χ0n) is 33.0. The number of hydrogen-bond acceptors (Lipinski definition) is 5. The number of carbonyl (C=O) groups is 1. The molecular formula is C44H46Cl2N8O2. The second-order valence-corrected chi connectivity index (χ2v) is 16.6. The standard InChI is InChI=1S/C44H46Cl2N8O2/c1-24-17-31(18-25(2)40(24)46)56-16-8-9-32-33-13-14-35(45)39(38-27(4)48-51(7)28(38)5)41(33)54-26(3)20-53(44(55)42(32)54)37-22-50(6)36-15-12-30(19-34(36)37)43-47-23-52(49-43)21-29-10-11-29/h12-15,17-19,22-23,26,29H,8-11,16,20-21H2,1-7H3. The maximum absolute atomic E-state index is 15.3. The molecule has 1 aliphatic heterocycles. The predicted molar refractivity (Wildman–Crippen MR) is 224 cm³/mol.